The molecule has 0 aromatic carbocycles. The molecule has 0 unspecified atom stereocenters. The molecule has 16 heavy (non-hydrogen) atoms. The number of carbonyl (C=O) groups excluding carboxylic acids is 1. The zero-order chi connectivity index (χ0) is 12.6. The Morgan fingerprint density at radius 3 is 2.38 bits per heavy atom. The van der Waals surface area contributed by atoms with Crippen molar-refractivity contribution >= 4 is 6.09 Å². The molecule has 96 valence electrons. The third kappa shape index (κ3) is 6.67. The molecule has 4 nitrogen and oxygen atoms in total. The van der Waals surface area contributed by atoms with Gasteiger partial charge in [-0.15, -0.1) is 0 Å². The highest BCUT2D eigenvalue weighted by Gasteiger charge is 2.19. The van der Waals surface area contributed by atoms with Crippen molar-refractivity contribution in [2.45, 2.75) is 52.7 Å². The highest BCUT2D eigenvalue weighted by molar-refractivity contribution is 5.67. The van der Waals surface area contributed by atoms with E-state index in [1.165, 1.54) is 0 Å². The van der Waals surface area contributed by atoms with Gasteiger partial charge in [-0.1, -0.05) is 13.3 Å². The molecule has 0 rings (SSSR count). The topological polar surface area (TPSA) is 47.6 Å². The van der Waals surface area contributed by atoms with E-state index >= 15 is 0 Å². The summed E-state index contributed by atoms with van der Waals surface area (Å²) in [6.07, 6.45) is 1.69. The normalized spacial score (nSPS) is 14.6. The minimum Gasteiger partial charge on any atom is -0.447 e. The fraction of sp³-hybridized carbons (Fsp3) is 0.917. The molecular weight excluding hydrogens is 206 g/mol. The van der Waals surface area contributed by atoms with Gasteiger partial charge in [0.1, 0.15) is 0 Å². The largest absolute Gasteiger partial charge is 0.447 e. The van der Waals surface area contributed by atoms with Crippen LogP contribution in [-0.4, -0.2) is 32.0 Å². The predicted molar refractivity (Wildman–Crippen MR) is 64.5 cm³/mol. The van der Waals surface area contributed by atoms with E-state index in [0.29, 0.717) is 12.5 Å². The maximum Gasteiger partial charge on any atom is 0.407 e. The molecule has 4 heteroatoms. The van der Waals surface area contributed by atoms with Gasteiger partial charge in [0.25, 0.3) is 0 Å². The molecule has 0 aliphatic heterocycles. The molecule has 0 spiro atoms. The van der Waals surface area contributed by atoms with E-state index in [-0.39, 0.29) is 18.2 Å². The highest BCUT2D eigenvalue weighted by atomic mass is 16.6. The Morgan fingerprint density at radius 2 is 1.94 bits per heavy atom. The van der Waals surface area contributed by atoms with Crippen molar-refractivity contribution < 1.29 is 14.3 Å². The zero-order valence-electron chi connectivity index (χ0n) is 11.1. The maximum absolute atomic E-state index is 11.4. The van der Waals surface area contributed by atoms with Crippen LogP contribution in [0.4, 0.5) is 4.79 Å². The molecule has 1 N–H and O–H groups in total. The van der Waals surface area contributed by atoms with E-state index in [0.717, 1.165) is 12.8 Å². The summed E-state index contributed by atoms with van der Waals surface area (Å²) in [6, 6.07) is 0.0751. The van der Waals surface area contributed by atoms with Gasteiger partial charge in [-0.2, -0.15) is 0 Å². The number of hydrogen-bond donors (Lipinski definition) is 1. The third-order valence-corrected chi connectivity index (χ3v) is 2.44. The lowest BCUT2D eigenvalue weighted by Gasteiger charge is -2.24. The summed E-state index contributed by atoms with van der Waals surface area (Å²) in [5.41, 5.74) is 0. The van der Waals surface area contributed by atoms with Crippen molar-refractivity contribution in [3.05, 3.63) is 0 Å². The molecule has 0 saturated carbocycles. The Balaban J connectivity index is 4.07. The van der Waals surface area contributed by atoms with Gasteiger partial charge in [0.2, 0.25) is 0 Å². The zero-order valence-corrected chi connectivity index (χ0v) is 11.1. The maximum atomic E-state index is 11.4. The van der Waals surface area contributed by atoms with Gasteiger partial charge in [-0.05, 0) is 27.2 Å². The minimum atomic E-state index is -0.347. The molecular formula is C12H25NO3. The molecule has 0 bridgehead atoms. The fourth-order valence-electron chi connectivity index (χ4n) is 1.61. The van der Waals surface area contributed by atoms with Crippen molar-refractivity contribution in [3.8, 4) is 0 Å². The SMILES string of the molecule is CCC[C@H](COC)[C@@H](C)NC(=O)OC(C)C. The van der Waals surface area contributed by atoms with Crippen molar-refractivity contribution in [3.63, 3.8) is 0 Å². The first kappa shape index (κ1) is 15.2. The summed E-state index contributed by atoms with van der Waals surface area (Å²) in [5, 5.41) is 2.84. The van der Waals surface area contributed by atoms with Gasteiger partial charge in [-0.25, -0.2) is 4.79 Å². The summed E-state index contributed by atoms with van der Waals surface area (Å²) in [6.45, 7) is 8.45. The van der Waals surface area contributed by atoms with Crippen molar-refractivity contribution in [2.24, 2.45) is 5.92 Å². The third-order valence-electron chi connectivity index (χ3n) is 2.44. The second kappa shape index (κ2) is 8.39. The average Bonchev–Trinajstić information content (AvgIpc) is 2.15. The van der Waals surface area contributed by atoms with Gasteiger partial charge < -0.3 is 14.8 Å². The molecule has 0 radical (unpaired) electrons. The van der Waals surface area contributed by atoms with Crippen LogP contribution in [0.5, 0.6) is 0 Å². The molecule has 0 aromatic rings. The summed E-state index contributed by atoms with van der Waals surface area (Å²) in [5.74, 6) is 0.342. The molecule has 0 aliphatic rings. The molecule has 1 amide bonds. The standard InChI is InChI=1S/C12H25NO3/c1-6-7-11(8-15-5)10(4)13-12(14)16-9(2)3/h9-11H,6-8H2,1-5H3,(H,13,14)/t10-,11-/m1/s1. The van der Waals surface area contributed by atoms with Crippen LogP contribution in [0.2, 0.25) is 0 Å². The Kier molecular flexibility index (Phi) is 7.99. The number of rotatable bonds is 7. The van der Waals surface area contributed by atoms with E-state index in [9.17, 15) is 4.79 Å². The van der Waals surface area contributed by atoms with Gasteiger partial charge in [-0.3, -0.25) is 0 Å². The van der Waals surface area contributed by atoms with E-state index in [1.54, 1.807) is 7.11 Å². The summed E-state index contributed by atoms with van der Waals surface area (Å²) >= 11 is 0. The Hall–Kier alpha value is -0.770. The van der Waals surface area contributed by atoms with Gasteiger partial charge in [0.05, 0.1) is 12.7 Å². The molecule has 0 aromatic heterocycles. The second-order valence-electron chi connectivity index (χ2n) is 4.39. The molecule has 0 aliphatic carbocycles. The summed E-state index contributed by atoms with van der Waals surface area (Å²) in [7, 11) is 1.68. The van der Waals surface area contributed by atoms with Crippen molar-refractivity contribution in [1.29, 1.82) is 0 Å². The first-order valence-corrected chi connectivity index (χ1v) is 5.97. The van der Waals surface area contributed by atoms with E-state index in [1.807, 2.05) is 20.8 Å². The van der Waals surface area contributed by atoms with Gasteiger partial charge in [0.15, 0.2) is 0 Å². The monoisotopic (exact) mass is 231 g/mol. The van der Waals surface area contributed by atoms with Crippen molar-refractivity contribution in [2.75, 3.05) is 13.7 Å². The van der Waals surface area contributed by atoms with Crippen LogP contribution in [0.3, 0.4) is 0 Å². The molecule has 2 atom stereocenters. The fourth-order valence-corrected chi connectivity index (χ4v) is 1.61. The van der Waals surface area contributed by atoms with Crippen LogP contribution in [-0.2, 0) is 9.47 Å². The van der Waals surface area contributed by atoms with E-state index < -0.39 is 0 Å². The summed E-state index contributed by atoms with van der Waals surface area (Å²) in [4.78, 5) is 11.4. The first-order valence-electron chi connectivity index (χ1n) is 5.97. The molecule has 0 fully saturated rings. The Bertz CT molecular complexity index is 189. The number of alkyl carbamates (subject to hydrolysis) is 1. The average molecular weight is 231 g/mol. The van der Waals surface area contributed by atoms with Crippen LogP contribution >= 0.6 is 0 Å². The van der Waals surface area contributed by atoms with Crippen LogP contribution in [0.15, 0.2) is 0 Å². The van der Waals surface area contributed by atoms with Gasteiger partial charge in [0, 0.05) is 19.1 Å². The molecule has 0 saturated heterocycles. The Morgan fingerprint density at radius 1 is 1.31 bits per heavy atom. The van der Waals surface area contributed by atoms with Crippen molar-refractivity contribution in [1.82, 2.24) is 5.32 Å². The molecule has 0 heterocycles. The van der Waals surface area contributed by atoms with E-state index in [2.05, 4.69) is 12.2 Å². The smallest absolute Gasteiger partial charge is 0.407 e. The van der Waals surface area contributed by atoms with Crippen LogP contribution in [0, 0.1) is 5.92 Å². The number of amides is 1. The second-order valence-corrected chi connectivity index (χ2v) is 4.39. The number of nitrogens with one attached hydrogen (secondary N) is 1. The highest BCUT2D eigenvalue weighted by Crippen LogP contribution is 2.12. The summed E-state index contributed by atoms with van der Waals surface area (Å²) < 4.78 is 10.2. The number of carbonyl (C=O) groups is 1. The Labute approximate surface area is 98.7 Å². The quantitative estimate of drug-likeness (QED) is 0.732. The van der Waals surface area contributed by atoms with Crippen LogP contribution in [0.25, 0.3) is 0 Å². The lowest BCUT2D eigenvalue weighted by molar-refractivity contribution is 0.0972. The lowest BCUT2D eigenvalue weighted by Crippen LogP contribution is -2.40. The minimum absolute atomic E-state index is 0.0751. The van der Waals surface area contributed by atoms with Crippen LogP contribution < -0.4 is 5.32 Å². The van der Waals surface area contributed by atoms with E-state index in [4.69, 9.17) is 9.47 Å². The number of hydrogen-bond acceptors (Lipinski definition) is 3. The lowest BCUT2D eigenvalue weighted by atomic mass is 9.97. The first-order chi connectivity index (χ1) is 7.51. The predicted octanol–water partition coefficient (Wildman–Crippen LogP) is 2.57. The van der Waals surface area contributed by atoms with Gasteiger partial charge >= 0.3 is 6.09 Å². The number of methoxy groups -OCH3 is 1. The number of ether oxygens (including phenoxy) is 2. The van der Waals surface area contributed by atoms with Crippen LogP contribution in [0.1, 0.15) is 40.5 Å².